The van der Waals surface area contributed by atoms with Gasteiger partial charge in [-0.05, 0) is 13.0 Å². The van der Waals surface area contributed by atoms with E-state index in [2.05, 4.69) is 0 Å². The van der Waals surface area contributed by atoms with Crippen LogP contribution in [0.1, 0.15) is 6.92 Å². The van der Waals surface area contributed by atoms with Gasteiger partial charge in [-0.1, -0.05) is 11.6 Å². The molecule has 0 amide bonds. The fraction of sp³-hybridized carbons (Fsp3) is 0.500. The van der Waals surface area contributed by atoms with Crippen molar-refractivity contribution >= 4 is 23.0 Å². The highest BCUT2D eigenvalue weighted by atomic mass is 35.5. The summed E-state index contributed by atoms with van der Waals surface area (Å²) in [4.78, 5) is 12.1. The van der Waals surface area contributed by atoms with E-state index in [4.69, 9.17) is 21.4 Å². The van der Waals surface area contributed by atoms with Crippen LogP contribution in [0.2, 0.25) is 5.02 Å². The molecule has 1 heterocycles. The van der Waals surface area contributed by atoms with Gasteiger partial charge in [-0.25, -0.2) is 4.39 Å². The number of morpholine rings is 1. The number of nitrogens with zero attached hydrogens (tertiary/aromatic N) is 2. The van der Waals surface area contributed by atoms with Crippen molar-refractivity contribution < 1.29 is 19.2 Å². The lowest BCUT2D eigenvalue weighted by Crippen LogP contribution is -2.49. The summed E-state index contributed by atoms with van der Waals surface area (Å²) in [6, 6.07) is 1.91. The van der Waals surface area contributed by atoms with Crippen LogP contribution in [-0.4, -0.2) is 41.9 Å². The molecule has 0 bridgehead atoms. The Bertz CT molecular complexity index is 528. The first kappa shape index (κ1) is 15.0. The summed E-state index contributed by atoms with van der Waals surface area (Å²) in [6.07, 6.45) is -0.436. The Morgan fingerprint density at radius 3 is 2.95 bits per heavy atom. The number of nitro groups is 1. The number of aliphatic hydroxyl groups excluding tert-OH is 1. The molecule has 1 fully saturated rings. The molecule has 0 radical (unpaired) electrons. The lowest BCUT2D eigenvalue weighted by molar-refractivity contribution is -0.384. The molecule has 1 aliphatic rings. The Hall–Kier alpha value is -1.44. The largest absolute Gasteiger partial charge is 0.394 e. The summed E-state index contributed by atoms with van der Waals surface area (Å²) in [5.41, 5.74) is -0.118. The molecule has 8 heteroatoms. The molecule has 6 nitrogen and oxygen atoms in total. The van der Waals surface area contributed by atoms with Gasteiger partial charge in [0.05, 0.1) is 35.3 Å². The molecule has 1 aromatic carbocycles. The molecule has 0 aromatic heterocycles. The average Bonchev–Trinajstić information content (AvgIpc) is 2.42. The highest BCUT2D eigenvalue weighted by Crippen LogP contribution is 2.35. The van der Waals surface area contributed by atoms with E-state index in [1.807, 2.05) is 6.92 Å². The number of hydrogen-bond donors (Lipinski definition) is 1. The summed E-state index contributed by atoms with van der Waals surface area (Å²) in [7, 11) is 0. The third kappa shape index (κ3) is 2.84. The Kier molecular flexibility index (Phi) is 4.42. The summed E-state index contributed by atoms with van der Waals surface area (Å²) in [5, 5.41) is 20.0. The summed E-state index contributed by atoms with van der Waals surface area (Å²) in [6.45, 7) is 2.23. The number of nitro benzene ring substituents is 1. The first-order chi connectivity index (χ1) is 9.43. The summed E-state index contributed by atoms with van der Waals surface area (Å²) >= 11 is 5.72. The van der Waals surface area contributed by atoms with Crippen molar-refractivity contribution in [3.63, 3.8) is 0 Å². The molecule has 0 saturated carbocycles. The van der Waals surface area contributed by atoms with Crippen molar-refractivity contribution in [3.05, 3.63) is 33.1 Å². The molecule has 110 valence electrons. The van der Waals surface area contributed by atoms with Crippen LogP contribution in [0.15, 0.2) is 12.1 Å². The lowest BCUT2D eigenvalue weighted by Gasteiger charge is -2.38. The number of aliphatic hydroxyl groups is 1. The van der Waals surface area contributed by atoms with E-state index in [1.165, 1.54) is 6.07 Å². The Morgan fingerprint density at radius 1 is 1.65 bits per heavy atom. The standard InChI is InChI=1S/C12H14ClFN2O4/c1-7-6-20-8(5-17)4-15(7)11-2-9(13)10(14)3-12(11)16(18)19/h2-3,7-8,17H,4-6H2,1H3. The Morgan fingerprint density at radius 2 is 2.35 bits per heavy atom. The van der Waals surface area contributed by atoms with Crippen LogP contribution in [0.5, 0.6) is 0 Å². The number of rotatable bonds is 3. The normalized spacial score (nSPS) is 22.9. The van der Waals surface area contributed by atoms with E-state index >= 15 is 0 Å². The zero-order valence-electron chi connectivity index (χ0n) is 10.8. The van der Waals surface area contributed by atoms with E-state index in [-0.39, 0.29) is 35.6 Å². The molecular weight excluding hydrogens is 291 g/mol. The third-order valence-electron chi connectivity index (χ3n) is 3.23. The van der Waals surface area contributed by atoms with Crippen molar-refractivity contribution in [2.24, 2.45) is 0 Å². The van der Waals surface area contributed by atoms with Crippen molar-refractivity contribution in [1.82, 2.24) is 0 Å². The van der Waals surface area contributed by atoms with Crippen LogP contribution in [0, 0.1) is 15.9 Å². The van der Waals surface area contributed by atoms with Crippen molar-refractivity contribution in [3.8, 4) is 0 Å². The summed E-state index contributed by atoms with van der Waals surface area (Å²) < 4.78 is 18.8. The molecule has 2 atom stereocenters. The minimum atomic E-state index is -0.832. The van der Waals surface area contributed by atoms with Crippen molar-refractivity contribution in [1.29, 1.82) is 0 Å². The van der Waals surface area contributed by atoms with Crippen LogP contribution in [-0.2, 0) is 4.74 Å². The van der Waals surface area contributed by atoms with Crippen LogP contribution in [0.3, 0.4) is 0 Å². The number of benzene rings is 1. The molecule has 0 spiro atoms. The Labute approximate surface area is 119 Å². The highest BCUT2D eigenvalue weighted by molar-refractivity contribution is 6.31. The van der Waals surface area contributed by atoms with Gasteiger partial charge in [-0.15, -0.1) is 0 Å². The SMILES string of the molecule is CC1COC(CO)CN1c1cc(Cl)c(F)cc1[N+](=O)[O-]. The maximum Gasteiger partial charge on any atom is 0.295 e. The van der Waals surface area contributed by atoms with Gasteiger partial charge in [0, 0.05) is 12.6 Å². The van der Waals surface area contributed by atoms with Crippen LogP contribution in [0.25, 0.3) is 0 Å². The topological polar surface area (TPSA) is 75.8 Å². The highest BCUT2D eigenvalue weighted by Gasteiger charge is 2.31. The molecule has 0 aliphatic carbocycles. The van der Waals surface area contributed by atoms with E-state index < -0.39 is 16.8 Å². The molecule has 1 saturated heterocycles. The number of anilines is 1. The third-order valence-corrected chi connectivity index (χ3v) is 3.52. The van der Waals surface area contributed by atoms with Crippen molar-refractivity contribution in [2.75, 3.05) is 24.7 Å². The number of hydrogen-bond acceptors (Lipinski definition) is 5. The second kappa shape index (κ2) is 5.90. The minimum absolute atomic E-state index is 0.141. The van der Waals surface area contributed by atoms with E-state index in [1.54, 1.807) is 4.90 Å². The van der Waals surface area contributed by atoms with Crippen molar-refractivity contribution in [2.45, 2.75) is 19.1 Å². The minimum Gasteiger partial charge on any atom is -0.394 e. The van der Waals surface area contributed by atoms with Gasteiger partial charge in [-0.2, -0.15) is 0 Å². The molecule has 2 unspecified atom stereocenters. The van der Waals surface area contributed by atoms with Gasteiger partial charge in [-0.3, -0.25) is 10.1 Å². The number of halogens is 2. The van der Waals surface area contributed by atoms with Crippen LogP contribution in [0.4, 0.5) is 15.8 Å². The molecule has 1 aliphatic heterocycles. The monoisotopic (exact) mass is 304 g/mol. The van der Waals surface area contributed by atoms with Gasteiger partial charge < -0.3 is 14.7 Å². The summed E-state index contributed by atoms with van der Waals surface area (Å²) in [5.74, 6) is -0.832. The quantitative estimate of drug-likeness (QED) is 0.682. The van der Waals surface area contributed by atoms with E-state index in [0.29, 0.717) is 6.61 Å². The van der Waals surface area contributed by atoms with Gasteiger partial charge >= 0.3 is 0 Å². The van der Waals surface area contributed by atoms with Gasteiger partial charge in [0.25, 0.3) is 5.69 Å². The number of ether oxygens (including phenoxy) is 1. The van der Waals surface area contributed by atoms with E-state index in [0.717, 1.165) is 6.07 Å². The van der Waals surface area contributed by atoms with Gasteiger partial charge in [0.15, 0.2) is 0 Å². The maximum absolute atomic E-state index is 13.4. The van der Waals surface area contributed by atoms with Crippen LogP contribution < -0.4 is 4.90 Å². The predicted octanol–water partition coefficient (Wildman–Crippen LogP) is 1.97. The smallest absolute Gasteiger partial charge is 0.295 e. The lowest BCUT2D eigenvalue weighted by atomic mass is 10.1. The van der Waals surface area contributed by atoms with Gasteiger partial charge in [0.2, 0.25) is 0 Å². The van der Waals surface area contributed by atoms with E-state index in [9.17, 15) is 14.5 Å². The average molecular weight is 305 g/mol. The predicted molar refractivity (Wildman–Crippen MR) is 71.7 cm³/mol. The Balaban J connectivity index is 2.44. The molecule has 20 heavy (non-hydrogen) atoms. The molecule has 1 aromatic rings. The zero-order valence-corrected chi connectivity index (χ0v) is 11.5. The second-order valence-electron chi connectivity index (χ2n) is 4.65. The van der Waals surface area contributed by atoms with Crippen LogP contribution >= 0.6 is 11.6 Å². The second-order valence-corrected chi connectivity index (χ2v) is 5.06. The molecule has 2 rings (SSSR count). The zero-order chi connectivity index (χ0) is 14.9. The molecular formula is C12H14ClFN2O4. The maximum atomic E-state index is 13.4. The molecule has 1 N–H and O–H groups in total. The first-order valence-electron chi connectivity index (χ1n) is 6.06. The fourth-order valence-corrected chi connectivity index (χ4v) is 2.32. The fourth-order valence-electron chi connectivity index (χ4n) is 2.17. The van der Waals surface area contributed by atoms with Gasteiger partial charge in [0.1, 0.15) is 11.5 Å². The first-order valence-corrected chi connectivity index (χ1v) is 6.44.